The first kappa shape index (κ1) is 17.5. The predicted molar refractivity (Wildman–Crippen MR) is 84.7 cm³/mol. The standard InChI is InChI=1S/C18H33/c1-3-5-7-9-11-13-15-17-18-16-14-12-10-8-6-4-2/h11,13,17-18H,1,3-10,12,14-16H2,2H3. The second kappa shape index (κ2) is 16.5. The zero-order valence-electron chi connectivity index (χ0n) is 12.5. The molecule has 0 amide bonds. The molecule has 0 saturated heterocycles. The molecule has 0 fully saturated rings. The Bertz CT molecular complexity index is 188. The van der Waals surface area contributed by atoms with Crippen LogP contribution in [0, 0.1) is 6.92 Å². The molecule has 0 aliphatic heterocycles. The van der Waals surface area contributed by atoms with Crippen LogP contribution in [0.4, 0.5) is 0 Å². The topological polar surface area (TPSA) is 0 Å². The molecule has 0 heteroatoms. The third kappa shape index (κ3) is 15.5. The number of rotatable bonds is 13. The van der Waals surface area contributed by atoms with Crippen LogP contribution >= 0.6 is 0 Å². The van der Waals surface area contributed by atoms with Crippen molar-refractivity contribution < 1.29 is 0 Å². The SMILES string of the molecule is [CH2]CCCCC=CCC=CCCCCCCCC. The molecule has 0 atom stereocenters. The zero-order chi connectivity index (χ0) is 13.3. The minimum absolute atomic E-state index is 1.08. The van der Waals surface area contributed by atoms with E-state index in [0.29, 0.717) is 0 Å². The largest absolute Gasteiger partial charge is 0.0882 e. The van der Waals surface area contributed by atoms with Gasteiger partial charge in [-0.15, -0.1) is 0 Å². The molecule has 0 nitrogen and oxygen atoms in total. The van der Waals surface area contributed by atoms with Crippen LogP contribution in [-0.2, 0) is 0 Å². The fourth-order valence-electron chi connectivity index (χ4n) is 1.99. The van der Waals surface area contributed by atoms with E-state index in [1.54, 1.807) is 0 Å². The molecule has 0 aromatic rings. The van der Waals surface area contributed by atoms with Gasteiger partial charge in [-0.05, 0) is 32.1 Å². The molecule has 0 unspecified atom stereocenters. The van der Waals surface area contributed by atoms with Gasteiger partial charge in [0, 0.05) is 0 Å². The van der Waals surface area contributed by atoms with Crippen molar-refractivity contribution in [1.82, 2.24) is 0 Å². The van der Waals surface area contributed by atoms with E-state index in [-0.39, 0.29) is 0 Å². The first-order valence-corrected chi connectivity index (χ1v) is 8.01. The molecule has 0 bridgehead atoms. The van der Waals surface area contributed by atoms with Crippen LogP contribution in [0.25, 0.3) is 0 Å². The second-order valence-electron chi connectivity index (χ2n) is 5.08. The Morgan fingerprint density at radius 3 is 1.83 bits per heavy atom. The summed E-state index contributed by atoms with van der Waals surface area (Å²) in [5, 5.41) is 0. The predicted octanol–water partition coefficient (Wildman–Crippen LogP) is 6.63. The monoisotopic (exact) mass is 249 g/mol. The maximum Gasteiger partial charge on any atom is -0.0169 e. The molecule has 0 aromatic carbocycles. The van der Waals surface area contributed by atoms with Gasteiger partial charge in [-0.2, -0.15) is 0 Å². The number of unbranched alkanes of at least 4 members (excludes halogenated alkanes) is 9. The smallest absolute Gasteiger partial charge is 0.0169 e. The van der Waals surface area contributed by atoms with Crippen LogP contribution in [0.3, 0.4) is 0 Å². The fraction of sp³-hybridized carbons (Fsp3) is 0.722. The van der Waals surface area contributed by atoms with E-state index >= 15 is 0 Å². The normalized spacial score (nSPS) is 11.9. The molecule has 0 rings (SSSR count). The summed E-state index contributed by atoms with van der Waals surface area (Å²) < 4.78 is 0. The third-order valence-electron chi connectivity index (χ3n) is 3.20. The van der Waals surface area contributed by atoms with Crippen molar-refractivity contribution in [3.05, 3.63) is 31.2 Å². The van der Waals surface area contributed by atoms with Gasteiger partial charge in [0.15, 0.2) is 0 Å². The van der Waals surface area contributed by atoms with Crippen LogP contribution in [0.15, 0.2) is 24.3 Å². The Morgan fingerprint density at radius 2 is 1.22 bits per heavy atom. The van der Waals surface area contributed by atoms with Gasteiger partial charge in [-0.1, -0.05) is 83.1 Å². The van der Waals surface area contributed by atoms with E-state index in [1.807, 2.05) is 0 Å². The summed E-state index contributed by atoms with van der Waals surface area (Å²) in [5.41, 5.74) is 0. The molecule has 0 spiro atoms. The fourth-order valence-corrected chi connectivity index (χ4v) is 1.99. The van der Waals surface area contributed by atoms with Crippen molar-refractivity contribution >= 4 is 0 Å². The highest BCUT2D eigenvalue weighted by molar-refractivity contribution is 4.92. The molecule has 0 aliphatic rings. The highest BCUT2D eigenvalue weighted by atomic mass is 13.9. The summed E-state index contributed by atoms with van der Waals surface area (Å²) in [7, 11) is 0. The van der Waals surface area contributed by atoms with Gasteiger partial charge in [0.25, 0.3) is 0 Å². The van der Waals surface area contributed by atoms with E-state index in [0.717, 1.165) is 12.8 Å². The molecule has 18 heavy (non-hydrogen) atoms. The van der Waals surface area contributed by atoms with E-state index in [1.165, 1.54) is 64.2 Å². The molecule has 0 N–H and O–H groups in total. The Morgan fingerprint density at radius 1 is 0.667 bits per heavy atom. The van der Waals surface area contributed by atoms with Crippen LogP contribution in [0.2, 0.25) is 0 Å². The highest BCUT2D eigenvalue weighted by Gasteiger charge is 1.87. The first-order chi connectivity index (χ1) is 8.91. The Hall–Kier alpha value is -0.520. The maximum absolute atomic E-state index is 3.85. The molecule has 105 valence electrons. The summed E-state index contributed by atoms with van der Waals surface area (Å²) in [6.07, 6.45) is 24.9. The Balaban J connectivity index is 3.13. The van der Waals surface area contributed by atoms with Crippen molar-refractivity contribution in [2.24, 2.45) is 0 Å². The summed E-state index contributed by atoms with van der Waals surface area (Å²) >= 11 is 0. The molecule has 0 aromatic heterocycles. The van der Waals surface area contributed by atoms with Gasteiger partial charge >= 0.3 is 0 Å². The van der Waals surface area contributed by atoms with Gasteiger partial charge in [0.2, 0.25) is 0 Å². The van der Waals surface area contributed by atoms with Gasteiger partial charge in [-0.3, -0.25) is 0 Å². The van der Waals surface area contributed by atoms with Gasteiger partial charge < -0.3 is 0 Å². The van der Waals surface area contributed by atoms with Crippen LogP contribution in [-0.4, -0.2) is 0 Å². The summed E-state index contributed by atoms with van der Waals surface area (Å²) in [5.74, 6) is 0. The molecule has 0 heterocycles. The Kier molecular flexibility index (Phi) is 16.0. The van der Waals surface area contributed by atoms with Gasteiger partial charge in [-0.25, -0.2) is 0 Å². The maximum atomic E-state index is 3.85. The van der Waals surface area contributed by atoms with E-state index < -0.39 is 0 Å². The highest BCUT2D eigenvalue weighted by Crippen LogP contribution is 2.07. The lowest BCUT2D eigenvalue weighted by molar-refractivity contribution is 0.611. The number of allylic oxidation sites excluding steroid dienone is 4. The van der Waals surface area contributed by atoms with Gasteiger partial charge in [0.05, 0.1) is 0 Å². The summed E-state index contributed by atoms with van der Waals surface area (Å²) in [6, 6.07) is 0. The first-order valence-electron chi connectivity index (χ1n) is 8.01. The molecular weight excluding hydrogens is 216 g/mol. The average molecular weight is 249 g/mol. The lowest BCUT2D eigenvalue weighted by atomic mass is 10.1. The molecule has 1 radical (unpaired) electrons. The molecular formula is C18H33. The molecule has 0 saturated carbocycles. The van der Waals surface area contributed by atoms with Gasteiger partial charge in [0.1, 0.15) is 0 Å². The van der Waals surface area contributed by atoms with E-state index in [2.05, 4.69) is 38.2 Å². The zero-order valence-corrected chi connectivity index (χ0v) is 12.5. The lowest BCUT2D eigenvalue weighted by Crippen LogP contribution is -1.77. The van der Waals surface area contributed by atoms with Crippen molar-refractivity contribution in [2.75, 3.05) is 0 Å². The third-order valence-corrected chi connectivity index (χ3v) is 3.20. The van der Waals surface area contributed by atoms with E-state index in [9.17, 15) is 0 Å². The van der Waals surface area contributed by atoms with Crippen molar-refractivity contribution in [3.8, 4) is 0 Å². The quantitative estimate of drug-likeness (QED) is 0.254. The van der Waals surface area contributed by atoms with Crippen molar-refractivity contribution in [1.29, 1.82) is 0 Å². The van der Waals surface area contributed by atoms with Crippen molar-refractivity contribution in [2.45, 2.75) is 84.0 Å². The minimum Gasteiger partial charge on any atom is -0.0882 e. The number of hydrogen-bond acceptors (Lipinski definition) is 0. The Labute approximate surface area is 116 Å². The second-order valence-corrected chi connectivity index (χ2v) is 5.08. The summed E-state index contributed by atoms with van der Waals surface area (Å²) in [6.45, 7) is 6.12. The van der Waals surface area contributed by atoms with Crippen LogP contribution in [0.5, 0.6) is 0 Å². The lowest BCUT2D eigenvalue weighted by Gasteiger charge is -1.97. The minimum atomic E-state index is 1.08. The van der Waals surface area contributed by atoms with Crippen LogP contribution < -0.4 is 0 Å². The van der Waals surface area contributed by atoms with Crippen molar-refractivity contribution in [3.63, 3.8) is 0 Å². The number of hydrogen-bond donors (Lipinski definition) is 0. The average Bonchev–Trinajstić information content (AvgIpc) is 2.39. The molecule has 0 aliphatic carbocycles. The van der Waals surface area contributed by atoms with E-state index in [4.69, 9.17) is 0 Å². The summed E-state index contributed by atoms with van der Waals surface area (Å²) in [4.78, 5) is 0. The van der Waals surface area contributed by atoms with Crippen LogP contribution in [0.1, 0.15) is 84.0 Å².